The predicted molar refractivity (Wildman–Crippen MR) is 83.7 cm³/mol. The quantitative estimate of drug-likeness (QED) is 0.905. The Hall–Kier alpha value is -1.37. The third-order valence-corrected chi connectivity index (χ3v) is 5.81. The number of hydrogen-bond donors (Lipinski definition) is 1. The van der Waals surface area contributed by atoms with E-state index in [-0.39, 0.29) is 17.5 Å². The van der Waals surface area contributed by atoms with Crippen LogP contribution in [0.1, 0.15) is 43.8 Å². The van der Waals surface area contributed by atoms with Crippen LogP contribution in [0, 0.1) is 6.92 Å². The van der Waals surface area contributed by atoms with Gasteiger partial charge in [-0.3, -0.25) is 4.99 Å². The largest absolute Gasteiger partial charge is 0.329 e. The van der Waals surface area contributed by atoms with Crippen molar-refractivity contribution < 1.29 is 8.42 Å². The maximum atomic E-state index is 11.7. The van der Waals surface area contributed by atoms with Gasteiger partial charge in [0.2, 0.25) is 0 Å². The molecule has 1 fully saturated rings. The van der Waals surface area contributed by atoms with Crippen molar-refractivity contribution in [1.82, 2.24) is 9.78 Å². The summed E-state index contributed by atoms with van der Waals surface area (Å²) in [5, 5.41) is 7.85. The topological polar surface area (TPSA) is 76.3 Å². The van der Waals surface area contributed by atoms with Gasteiger partial charge in [-0.2, -0.15) is 5.10 Å². The number of aromatic nitrogens is 2. The average Bonchev–Trinajstić information content (AvgIpc) is 2.83. The highest BCUT2D eigenvalue weighted by Gasteiger charge is 2.31. The second-order valence-electron chi connectivity index (χ2n) is 5.94. The summed E-state index contributed by atoms with van der Waals surface area (Å²) < 4.78 is 25.2. The average molecular weight is 310 g/mol. The zero-order valence-corrected chi connectivity index (χ0v) is 13.2. The summed E-state index contributed by atoms with van der Waals surface area (Å²) in [6.07, 6.45) is 5.10. The summed E-state index contributed by atoms with van der Waals surface area (Å²) >= 11 is 0. The van der Waals surface area contributed by atoms with Gasteiger partial charge in [0.1, 0.15) is 11.7 Å². The van der Waals surface area contributed by atoms with Crippen LogP contribution in [0.3, 0.4) is 0 Å². The van der Waals surface area contributed by atoms with Crippen molar-refractivity contribution in [3.8, 4) is 0 Å². The van der Waals surface area contributed by atoms with Gasteiger partial charge in [0, 0.05) is 19.0 Å². The lowest BCUT2D eigenvalue weighted by Crippen LogP contribution is -2.19. The number of rotatable bonds is 2. The second kappa shape index (κ2) is 5.79. The first-order valence-corrected chi connectivity index (χ1v) is 9.42. The smallest absolute Gasteiger partial charge is 0.152 e. The highest BCUT2D eigenvalue weighted by molar-refractivity contribution is 7.91. The highest BCUT2D eigenvalue weighted by atomic mass is 32.2. The van der Waals surface area contributed by atoms with Crippen LogP contribution in [-0.4, -0.2) is 42.1 Å². The van der Waals surface area contributed by atoms with E-state index in [1.807, 2.05) is 17.7 Å². The first-order chi connectivity index (χ1) is 10.0. The highest BCUT2D eigenvalue weighted by Crippen LogP contribution is 2.27. The van der Waals surface area contributed by atoms with E-state index < -0.39 is 9.84 Å². The maximum absolute atomic E-state index is 11.7. The van der Waals surface area contributed by atoms with Crippen molar-refractivity contribution in [1.29, 1.82) is 0 Å². The zero-order valence-electron chi connectivity index (χ0n) is 12.4. The summed E-state index contributed by atoms with van der Waals surface area (Å²) in [6.45, 7) is 2.80. The number of amidine groups is 1. The Balaban J connectivity index is 1.81. The molecule has 7 heteroatoms. The van der Waals surface area contributed by atoms with Crippen molar-refractivity contribution in [2.45, 2.75) is 45.1 Å². The van der Waals surface area contributed by atoms with E-state index in [1.54, 1.807) is 0 Å². The molecule has 21 heavy (non-hydrogen) atoms. The molecule has 1 N–H and O–H groups in total. The molecule has 3 rings (SSSR count). The minimum Gasteiger partial charge on any atom is -0.329 e. The van der Waals surface area contributed by atoms with Crippen molar-refractivity contribution in [3.05, 3.63) is 11.8 Å². The van der Waals surface area contributed by atoms with E-state index in [0.29, 0.717) is 6.42 Å². The van der Waals surface area contributed by atoms with Crippen LogP contribution < -0.4 is 5.32 Å². The maximum Gasteiger partial charge on any atom is 0.152 e. The Kier molecular flexibility index (Phi) is 4.01. The molecule has 1 atom stereocenters. The third-order valence-electron chi connectivity index (χ3n) is 4.06. The summed E-state index contributed by atoms with van der Waals surface area (Å²) in [5.74, 6) is 2.32. The molecule has 0 aliphatic carbocycles. The van der Waals surface area contributed by atoms with E-state index >= 15 is 0 Å². The van der Waals surface area contributed by atoms with Crippen molar-refractivity contribution >= 4 is 21.5 Å². The van der Waals surface area contributed by atoms with E-state index in [9.17, 15) is 8.42 Å². The van der Waals surface area contributed by atoms with Crippen molar-refractivity contribution in [2.24, 2.45) is 4.99 Å². The summed E-state index contributed by atoms with van der Waals surface area (Å²) in [5.41, 5.74) is 0.899. The first kappa shape index (κ1) is 14.6. The van der Waals surface area contributed by atoms with Gasteiger partial charge in [-0.25, -0.2) is 13.1 Å². The summed E-state index contributed by atoms with van der Waals surface area (Å²) in [4.78, 5) is 4.57. The van der Waals surface area contributed by atoms with Crippen molar-refractivity contribution in [2.75, 3.05) is 23.4 Å². The molecule has 3 heterocycles. The molecular formula is C14H22N4O2S. The second-order valence-corrected chi connectivity index (χ2v) is 8.17. The fourth-order valence-corrected chi connectivity index (χ4v) is 4.67. The van der Waals surface area contributed by atoms with Crippen LogP contribution in [0.25, 0.3) is 0 Å². The third kappa shape index (κ3) is 3.45. The molecule has 1 aromatic heterocycles. The van der Waals surface area contributed by atoms with Crippen LogP contribution in [-0.2, 0) is 9.84 Å². The molecule has 0 unspecified atom stereocenters. The van der Waals surface area contributed by atoms with Gasteiger partial charge in [0.05, 0.1) is 23.2 Å². The van der Waals surface area contributed by atoms with E-state index in [0.717, 1.165) is 43.2 Å². The van der Waals surface area contributed by atoms with E-state index in [2.05, 4.69) is 15.4 Å². The molecule has 0 amide bonds. The van der Waals surface area contributed by atoms with Gasteiger partial charge in [-0.1, -0.05) is 6.42 Å². The minimum atomic E-state index is -2.91. The Bertz CT molecular complexity index is 648. The molecular weight excluding hydrogens is 288 g/mol. The fraction of sp³-hybridized carbons (Fsp3) is 0.714. The molecule has 2 aliphatic heterocycles. The van der Waals surface area contributed by atoms with Gasteiger partial charge < -0.3 is 5.32 Å². The molecule has 2 aliphatic rings. The molecule has 0 radical (unpaired) electrons. The van der Waals surface area contributed by atoms with Crippen LogP contribution in [0.4, 0.5) is 5.82 Å². The molecule has 0 saturated carbocycles. The Morgan fingerprint density at radius 3 is 2.95 bits per heavy atom. The Morgan fingerprint density at radius 2 is 2.19 bits per heavy atom. The van der Waals surface area contributed by atoms with Crippen LogP contribution in [0.5, 0.6) is 0 Å². The van der Waals surface area contributed by atoms with Crippen LogP contribution in [0.2, 0.25) is 0 Å². The number of aryl methyl sites for hydroxylation is 1. The molecule has 0 bridgehead atoms. The van der Waals surface area contributed by atoms with Crippen LogP contribution in [0.15, 0.2) is 11.1 Å². The predicted octanol–water partition coefficient (Wildman–Crippen LogP) is 1.94. The summed E-state index contributed by atoms with van der Waals surface area (Å²) in [7, 11) is -2.91. The minimum absolute atomic E-state index is 0.0578. The lowest BCUT2D eigenvalue weighted by molar-refractivity contribution is 0.503. The van der Waals surface area contributed by atoms with Gasteiger partial charge in [-0.05, 0) is 26.2 Å². The standard InChI is InChI=1S/C14H22N4O2S/c1-11-9-14(16-13-5-3-2-4-7-15-13)18(17-11)12-6-8-21(19,20)10-12/h9,12H,2-8,10H2,1H3,(H,15,16)/t12-/m0/s1. The molecule has 0 spiro atoms. The van der Waals surface area contributed by atoms with Crippen molar-refractivity contribution in [3.63, 3.8) is 0 Å². The number of hydrogen-bond acceptors (Lipinski definition) is 5. The monoisotopic (exact) mass is 310 g/mol. The van der Waals surface area contributed by atoms with E-state index in [4.69, 9.17) is 0 Å². The summed E-state index contributed by atoms with van der Waals surface area (Å²) in [6, 6.07) is 1.91. The zero-order chi connectivity index (χ0) is 14.9. The first-order valence-electron chi connectivity index (χ1n) is 7.60. The Morgan fingerprint density at radius 1 is 1.33 bits per heavy atom. The molecule has 116 valence electrons. The van der Waals surface area contributed by atoms with Crippen LogP contribution >= 0.6 is 0 Å². The molecule has 6 nitrogen and oxygen atoms in total. The molecule has 1 aromatic rings. The lowest BCUT2D eigenvalue weighted by Gasteiger charge is -2.15. The Labute approximate surface area is 125 Å². The van der Waals surface area contributed by atoms with E-state index in [1.165, 1.54) is 6.42 Å². The molecule has 1 saturated heterocycles. The number of nitrogens with one attached hydrogen (secondary N) is 1. The fourth-order valence-electron chi connectivity index (χ4n) is 2.98. The lowest BCUT2D eigenvalue weighted by atomic mass is 10.2. The van der Waals surface area contributed by atoms with Gasteiger partial charge in [0.15, 0.2) is 9.84 Å². The van der Waals surface area contributed by atoms with Gasteiger partial charge in [0.25, 0.3) is 0 Å². The number of aliphatic imine (C=N–C) groups is 1. The number of sulfone groups is 1. The van der Waals surface area contributed by atoms with Gasteiger partial charge in [-0.15, -0.1) is 0 Å². The number of anilines is 1. The SMILES string of the molecule is Cc1cc(NC2=NCCCCC2)n([C@H]2CCS(=O)(=O)C2)n1. The van der Waals surface area contributed by atoms with Gasteiger partial charge >= 0.3 is 0 Å². The molecule has 0 aromatic carbocycles. The normalized spacial score (nSPS) is 25.4. The number of nitrogens with zero attached hydrogens (tertiary/aromatic N) is 3.